The molecule has 0 radical (unpaired) electrons. The third-order valence-corrected chi connectivity index (χ3v) is 4.63. The zero-order valence-corrected chi connectivity index (χ0v) is 16.1. The largest absolute Gasteiger partial charge is 0.383 e. The molecular formula is C20H31N3O3. The third-order valence-electron chi connectivity index (χ3n) is 4.63. The van der Waals surface area contributed by atoms with Crippen LogP contribution in [0.4, 0.5) is 0 Å². The summed E-state index contributed by atoms with van der Waals surface area (Å²) in [5.41, 5.74) is 2.88. The van der Waals surface area contributed by atoms with E-state index >= 15 is 0 Å². The van der Waals surface area contributed by atoms with Crippen LogP contribution in [0.15, 0.2) is 18.2 Å². The van der Waals surface area contributed by atoms with E-state index in [-0.39, 0.29) is 17.7 Å². The first-order valence-corrected chi connectivity index (χ1v) is 9.36. The van der Waals surface area contributed by atoms with Crippen LogP contribution in [0.1, 0.15) is 34.3 Å². The second kappa shape index (κ2) is 10.3. The van der Waals surface area contributed by atoms with E-state index in [1.165, 1.54) is 0 Å². The monoisotopic (exact) mass is 361 g/mol. The number of hydrogen-bond donors (Lipinski definition) is 2. The van der Waals surface area contributed by atoms with Gasteiger partial charge in [-0.2, -0.15) is 0 Å². The molecule has 1 heterocycles. The lowest BCUT2D eigenvalue weighted by Crippen LogP contribution is -2.46. The number of ether oxygens (including phenoxy) is 1. The van der Waals surface area contributed by atoms with Gasteiger partial charge in [0, 0.05) is 45.4 Å². The smallest absolute Gasteiger partial charge is 0.253 e. The molecule has 1 aromatic carbocycles. The molecule has 0 aliphatic carbocycles. The Morgan fingerprint density at radius 2 is 1.88 bits per heavy atom. The summed E-state index contributed by atoms with van der Waals surface area (Å²) in [7, 11) is 1.66. The summed E-state index contributed by atoms with van der Waals surface area (Å²) in [4.78, 5) is 27.0. The van der Waals surface area contributed by atoms with E-state index in [2.05, 4.69) is 16.7 Å². The fourth-order valence-electron chi connectivity index (χ4n) is 3.37. The van der Waals surface area contributed by atoms with Crippen LogP contribution in [-0.2, 0) is 9.53 Å². The lowest BCUT2D eigenvalue weighted by Gasteiger charge is -2.32. The van der Waals surface area contributed by atoms with Crippen LogP contribution >= 0.6 is 0 Å². The van der Waals surface area contributed by atoms with Gasteiger partial charge in [-0.25, -0.2) is 0 Å². The van der Waals surface area contributed by atoms with Gasteiger partial charge in [0.15, 0.2) is 0 Å². The first kappa shape index (κ1) is 20.4. The predicted molar refractivity (Wildman–Crippen MR) is 102 cm³/mol. The molecule has 2 N–H and O–H groups in total. The van der Waals surface area contributed by atoms with Gasteiger partial charge >= 0.3 is 0 Å². The molecule has 6 nitrogen and oxygen atoms in total. The van der Waals surface area contributed by atoms with Crippen LogP contribution < -0.4 is 10.6 Å². The molecule has 144 valence electrons. The highest BCUT2D eigenvalue weighted by Crippen LogP contribution is 2.20. The zero-order valence-electron chi connectivity index (χ0n) is 16.1. The third kappa shape index (κ3) is 6.11. The zero-order chi connectivity index (χ0) is 18.9. The van der Waals surface area contributed by atoms with E-state index < -0.39 is 0 Å². The van der Waals surface area contributed by atoms with Crippen molar-refractivity contribution in [1.29, 1.82) is 0 Å². The predicted octanol–water partition coefficient (Wildman–Crippen LogP) is 1.51. The lowest BCUT2D eigenvalue weighted by molar-refractivity contribution is -0.126. The SMILES string of the molecule is COCCNCCNC(=O)C1CCCN(C(=O)c2cc(C)cc(C)c2)C1. The summed E-state index contributed by atoms with van der Waals surface area (Å²) in [5.74, 6) is -0.0652. The standard InChI is InChI=1S/C20H31N3O3/c1-15-11-16(2)13-18(12-15)20(25)23-9-4-5-17(14-23)19(24)22-7-6-21-8-10-26-3/h11-13,17,21H,4-10,14H2,1-3H3,(H,22,24). The van der Waals surface area contributed by atoms with Crippen molar-refractivity contribution in [3.05, 3.63) is 34.9 Å². The van der Waals surface area contributed by atoms with E-state index in [9.17, 15) is 9.59 Å². The van der Waals surface area contributed by atoms with Gasteiger partial charge in [-0.1, -0.05) is 17.2 Å². The van der Waals surface area contributed by atoms with E-state index in [0.717, 1.165) is 30.5 Å². The van der Waals surface area contributed by atoms with Gasteiger partial charge in [-0.05, 0) is 38.8 Å². The summed E-state index contributed by atoms with van der Waals surface area (Å²) >= 11 is 0. The fourth-order valence-corrected chi connectivity index (χ4v) is 3.37. The number of nitrogens with one attached hydrogen (secondary N) is 2. The van der Waals surface area contributed by atoms with Crippen LogP contribution in [0, 0.1) is 19.8 Å². The molecule has 1 atom stereocenters. The van der Waals surface area contributed by atoms with Gasteiger partial charge in [0.2, 0.25) is 5.91 Å². The number of methoxy groups -OCH3 is 1. The highest BCUT2D eigenvalue weighted by Gasteiger charge is 2.28. The fraction of sp³-hybridized carbons (Fsp3) is 0.600. The van der Waals surface area contributed by atoms with E-state index in [1.54, 1.807) is 7.11 Å². The Labute approximate surface area is 156 Å². The number of likely N-dealkylation sites (tertiary alicyclic amines) is 1. The van der Waals surface area contributed by atoms with Gasteiger partial charge in [0.05, 0.1) is 12.5 Å². The number of aryl methyl sites for hydroxylation is 2. The Hall–Kier alpha value is -1.92. The molecule has 0 bridgehead atoms. The quantitative estimate of drug-likeness (QED) is 0.689. The molecule has 1 aliphatic heterocycles. The Bertz CT molecular complexity index is 598. The van der Waals surface area contributed by atoms with Crippen LogP contribution in [0.3, 0.4) is 0 Å². The van der Waals surface area contributed by atoms with E-state index in [4.69, 9.17) is 4.74 Å². The maximum absolute atomic E-state index is 12.8. The Balaban J connectivity index is 1.84. The van der Waals surface area contributed by atoms with Crippen molar-refractivity contribution in [1.82, 2.24) is 15.5 Å². The number of amides is 2. The molecule has 6 heteroatoms. The molecule has 0 aromatic heterocycles. The minimum Gasteiger partial charge on any atom is -0.383 e. The molecule has 0 spiro atoms. The van der Waals surface area contributed by atoms with E-state index in [1.807, 2.05) is 30.9 Å². The number of piperidine rings is 1. The number of rotatable bonds is 8. The number of nitrogens with zero attached hydrogens (tertiary/aromatic N) is 1. The van der Waals surface area contributed by atoms with Crippen molar-refractivity contribution < 1.29 is 14.3 Å². The summed E-state index contributed by atoms with van der Waals surface area (Å²) in [6, 6.07) is 5.90. The molecule has 1 aromatic rings. The van der Waals surface area contributed by atoms with Gasteiger partial charge in [0.25, 0.3) is 5.91 Å². The highest BCUT2D eigenvalue weighted by atomic mass is 16.5. The summed E-state index contributed by atoms with van der Waals surface area (Å²) in [6.07, 6.45) is 1.69. The van der Waals surface area contributed by atoms with Crippen molar-refractivity contribution in [2.75, 3.05) is 46.4 Å². The number of carbonyl (C=O) groups excluding carboxylic acids is 2. The van der Waals surface area contributed by atoms with Crippen molar-refractivity contribution in [3.63, 3.8) is 0 Å². The average molecular weight is 361 g/mol. The molecule has 0 saturated carbocycles. The maximum atomic E-state index is 12.8. The van der Waals surface area contributed by atoms with Gasteiger partial charge in [-0.15, -0.1) is 0 Å². The topological polar surface area (TPSA) is 70.7 Å². The molecule has 1 aliphatic rings. The minimum absolute atomic E-state index is 0.0236. The molecular weight excluding hydrogens is 330 g/mol. The number of hydrogen-bond acceptors (Lipinski definition) is 4. The maximum Gasteiger partial charge on any atom is 0.253 e. The highest BCUT2D eigenvalue weighted by molar-refractivity contribution is 5.95. The van der Waals surface area contributed by atoms with Gasteiger partial charge < -0.3 is 20.3 Å². The second-order valence-corrected chi connectivity index (χ2v) is 7.00. The van der Waals surface area contributed by atoms with E-state index in [0.29, 0.717) is 38.3 Å². The molecule has 1 saturated heterocycles. The van der Waals surface area contributed by atoms with Gasteiger partial charge in [0.1, 0.15) is 0 Å². The van der Waals surface area contributed by atoms with Crippen LogP contribution in [0.25, 0.3) is 0 Å². The number of carbonyl (C=O) groups is 2. The second-order valence-electron chi connectivity index (χ2n) is 7.00. The molecule has 2 rings (SSSR count). The van der Waals surface area contributed by atoms with Gasteiger partial charge in [-0.3, -0.25) is 9.59 Å². The van der Waals surface area contributed by atoms with Crippen LogP contribution in [0.2, 0.25) is 0 Å². The van der Waals surface area contributed by atoms with Crippen molar-refractivity contribution in [3.8, 4) is 0 Å². The van der Waals surface area contributed by atoms with Crippen molar-refractivity contribution in [2.24, 2.45) is 5.92 Å². The molecule has 26 heavy (non-hydrogen) atoms. The summed E-state index contributed by atoms with van der Waals surface area (Å²) in [5, 5.41) is 6.17. The van der Waals surface area contributed by atoms with Crippen LogP contribution in [0.5, 0.6) is 0 Å². The summed E-state index contributed by atoms with van der Waals surface area (Å²) in [6.45, 7) is 7.94. The average Bonchev–Trinajstić information content (AvgIpc) is 2.63. The molecule has 1 unspecified atom stereocenters. The summed E-state index contributed by atoms with van der Waals surface area (Å²) < 4.78 is 4.96. The molecule has 2 amide bonds. The Morgan fingerprint density at radius 1 is 1.15 bits per heavy atom. The lowest BCUT2D eigenvalue weighted by atomic mass is 9.96. The first-order chi connectivity index (χ1) is 12.5. The van der Waals surface area contributed by atoms with Crippen LogP contribution in [-0.4, -0.2) is 63.2 Å². The number of benzene rings is 1. The normalized spacial score (nSPS) is 17.2. The Morgan fingerprint density at radius 3 is 2.58 bits per heavy atom. The van der Waals surface area contributed by atoms with Crippen molar-refractivity contribution in [2.45, 2.75) is 26.7 Å². The Kier molecular flexibility index (Phi) is 8.06. The van der Waals surface area contributed by atoms with Crippen molar-refractivity contribution >= 4 is 11.8 Å². The first-order valence-electron chi connectivity index (χ1n) is 9.36. The molecule has 1 fully saturated rings. The minimum atomic E-state index is -0.127.